The van der Waals surface area contributed by atoms with Crippen molar-refractivity contribution in [1.82, 2.24) is 10.6 Å². The van der Waals surface area contributed by atoms with Gasteiger partial charge in [-0.3, -0.25) is 9.59 Å². The fourth-order valence-corrected chi connectivity index (χ4v) is 1.21. The van der Waals surface area contributed by atoms with E-state index in [4.69, 9.17) is 5.73 Å². The van der Waals surface area contributed by atoms with Crippen LogP contribution in [0.15, 0.2) is 0 Å². The van der Waals surface area contributed by atoms with Gasteiger partial charge in [0.25, 0.3) is 0 Å². The molecule has 4 N–H and O–H groups in total. The fraction of sp³-hybridized carbons (Fsp3) is 0.818. The number of hydrogen-bond donors (Lipinski definition) is 3. The number of nitrogens with two attached hydrogens (primary N) is 1. The molecule has 0 fully saturated rings. The SMILES string of the molecule is CCNC(=O)CCNC(=O)[C@@H](N)C(C)CC. The summed E-state index contributed by atoms with van der Waals surface area (Å²) in [6.07, 6.45) is 1.16. The summed E-state index contributed by atoms with van der Waals surface area (Å²) in [5.41, 5.74) is 5.73. The summed E-state index contributed by atoms with van der Waals surface area (Å²) < 4.78 is 0. The Balaban J connectivity index is 3.77. The molecule has 0 aromatic rings. The molecule has 2 atom stereocenters. The van der Waals surface area contributed by atoms with Gasteiger partial charge in [0.2, 0.25) is 11.8 Å². The van der Waals surface area contributed by atoms with Crippen molar-refractivity contribution in [2.45, 2.75) is 39.7 Å². The predicted octanol–water partition coefficient (Wildman–Crippen LogP) is 0.00220. The van der Waals surface area contributed by atoms with Gasteiger partial charge in [0.1, 0.15) is 0 Å². The Morgan fingerprint density at radius 2 is 1.88 bits per heavy atom. The van der Waals surface area contributed by atoms with E-state index in [9.17, 15) is 9.59 Å². The molecule has 0 aromatic heterocycles. The van der Waals surface area contributed by atoms with Gasteiger partial charge in [-0.2, -0.15) is 0 Å². The highest BCUT2D eigenvalue weighted by molar-refractivity contribution is 5.82. The van der Waals surface area contributed by atoms with Gasteiger partial charge in [-0.1, -0.05) is 20.3 Å². The summed E-state index contributed by atoms with van der Waals surface area (Å²) in [6, 6.07) is -0.487. The van der Waals surface area contributed by atoms with Crippen molar-refractivity contribution in [1.29, 1.82) is 0 Å². The van der Waals surface area contributed by atoms with Crippen LogP contribution < -0.4 is 16.4 Å². The largest absolute Gasteiger partial charge is 0.356 e. The van der Waals surface area contributed by atoms with Crippen LogP contribution >= 0.6 is 0 Å². The van der Waals surface area contributed by atoms with E-state index in [1.165, 1.54) is 0 Å². The Hall–Kier alpha value is -1.10. The molecule has 94 valence electrons. The van der Waals surface area contributed by atoms with Crippen LogP contribution in [0.25, 0.3) is 0 Å². The van der Waals surface area contributed by atoms with E-state index in [-0.39, 0.29) is 17.7 Å². The monoisotopic (exact) mass is 229 g/mol. The van der Waals surface area contributed by atoms with Crippen LogP contribution in [0.3, 0.4) is 0 Å². The molecule has 0 rings (SSSR count). The van der Waals surface area contributed by atoms with E-state index in [0.29, 0.717) is 19.5 Å². The molecular weight excluding hydrogens is 206 g/mol. The third-order valence-corrected chi connectivity index (χ3v) is 2.58. The lowest BCUT2D eigenvalue weighted by molar-refractivity contribution is -0.123. The second kappa shape index (κ2) is 8.10. The van der Waals surface area contributed by atoms with Gasteiger partial charge in [-0.05, 0) is 12.8 Å². The number of carbonyl (C=O) groups excluding carboxylic acids is 2. The maximum atomic E-state index is 11.5. The molecular formula is C11H23N3O2. The second-order valence-electron chi connectivity index (χ2n) is 3.91. The third kappa shape index (κ3) is 5.70. The Kier molecular flexibility index (Phi) is 7.54. The summed E-state index contributed by atoms with van der Waals surface area (Å²) >= 11 is 0. The minimum Gasteiger partial charge on any atom is -0.356 e. The summed E-state index contributed by atoms with van der Waals surface area (Å²) in [4.78, 5) is 22.6. The maximum absolute atomic E-state index is 11.5. The van der Waals surface area contributed by atoms with Gasteiger partial charge in [0, 0.05) is 19.5 Å². The summed E-state index contributed by atoms with van der Waals surface area (Å²) in [6.45, 7) is 6.74. The lowest BCUT2D eigenvalue weighted by Crippen LogP contribution is -2.45. The zero-order valence-electron chi connectivity index (χ0n) is 10.4. The molecule has 16 heavy (non-hydrogen) atoms. The van der Waals surface area contributed by atoms with Gasteiger partial charge in [-0.25, -0.2) is 0 Å². The molecule has 0 aliphatic carbocycles. The van der Waals surface area contributed by atoms with E-state index in [0.717, 1.165) is 6.42 Å². The molecule has 0 spiro atoms. The highest BCUT2D eigenvalue weighted by Crippen LogP contribution is 2.04. The second-order valence-corrected chi connectivity index (χ2v) is 3.91. The van der Waals surface area contributed by atoms with Crippen molar-refractivity contribution < 1.29 is 9.59 Å². The molecule has 0 aromatic carbocycles. The minimum atomic E-state index is -0.487. The van der Waals surface area contributed by atoms with E-state index >= 15 is 0 Å². The summed E-state index contributed by atoms with van der Waals surface area (Å²) in [5, 5.41) is 5.32. The van der Waals surface area contributed by atoms with E-state index < -0.39 is 6.04 Å². The normalized spacial score (nSPS) is 14.0. The van der Waals surface area contributed by atoms with E-state index in [1.807, 2.05) is 20.8 Å². The maximum Gasteiger partial charge on any atom is 0.237 e. The first-order chi connectivity index (χ1) is 7.52. The van der Waals surface area contributed by atoms with Crippen molar-refractivity contribution in [3.8, 4) is 0 Å². The molecule has 1 unspecified atom stereocenters. The molecule has 5 nitrogen and oxygen atoms in total. The van der Waals surface area contributed by atoms with Crippen LogP contribution in [0.1, 0.15) is 33.6 Å². The topological polar surface area (TPSA) is 84.2 Å². The van der Waals surface area contributed by atoms with Gasteiger partial charge >= 0.3 is 0 Å². The van der Waals surface area contributed by atoms with Gasteiger partial charge < -0.3 is 16.4 Å². The Bertz CT molecular complexity index is 231. The van der Waals surface area contributed by atoms with Crippen molar-refractivity contribution in [3.63, 3.8) is 0 Å². The quantitative estimate of drug-likeness (QED) is 0.574. The molecule has 0 saturated heterocycles. The van der Waals surface area contributed by atoms with Crippen molar-refractivity contribution >= 4 is 11.8 Å². The average Bonchev–Trinajstić information content (AvgIpc) is 2.27. The highest BCUT2D eigenvalue weighted by atomic mass is 16.2. The van der Waals surface area contributed by atoms with Crippen molar-refractivity contribution in [2.24, 2.45) is 11.7 Å². The molecule has 0 aliphatic heterocycles. The number of carbonyl (C=O) groups is 2. The van der Waals surface area contributed by atoms with Crippen LogP contribution in [0.4, 0.5) is 0 Å². The third-order valence-electron chi connectivity index (χ3n) is 2.58. The number of rotatable bonds is 7. The number of hydrogen-bond acceptors (Lipinski definition) is 3. The zero-order chi connectivity index (χ0) is 12.6. The minimum absolute atomic E-state index is 0.0556. The number of amides is 2. The first-order valence-electron chi connectivity index (χ1n) is 5.82. The molecule has 0 bridgehead atoms. The Morgan fingerprint density at radius 3 is 2.38 bits per heavy atom. The standard InChI is InChI=1S/C11H23N3O2/c1-4-8(3)10(12)11(16)14-7-6-9(15)13-5-2/h8,10H,4-7,12H2,1-3H3,(H,13,15)(H,14,16)/t8?,10-/m0/s1. The smallest absolute Gasteiger partial charge is 0.237 e. The van der Waals surface area contributed by atoms with Crippen molar-refractivity contribution in [3.05, 3.63) is 0 Å². The lowest BCUT2D eigenvalue weighted by Gasteiger charge is -2.17. The van der Waals surface area contributed by atoms with Crippen LogP contribution in [0.2, 0.25) is 0 Å². The summed E-state index contributed by atoms with van der Waals surface area (Å²) in [7, 11) is 0. The molecule has 0 saturated carbocycles. The number of nitrogens with one attached hydrogen (secondary N) is 2. The zero-order valence-corrected chi connectivity index (χ0v) is 10.4. The van der Waals surface area contributed by atoms with Gasteiger partial charge in [0.05, 0.1) is 6.04 Å². The van der Waals surface area contributed by atoms with Gasteiger partial charge in [0.15, 0.2) is 0 Å². The van der Waals surface area contributed by atoms with Gasteiger partial charge in [-0.15, -0.1) is 0 Å². The van der Waals surface area contributed by atoms with E-state index in [2.05, 4.69) is 10.6 Å². The van der Waals surface area contributed by atoms with Crippen molar-refractivity contribution in [2.75, 3.05) is 13.1 Å². The lowest BCUT2D eigenvalue weighted by atomic mass is 9.99. The van der Waals surface area contributed by atoms with Crippen LogP contribution in [-0.4, -0.2) is 30.9 Å². The van der Waals surface area contributed by atoms with E-state index in [1.54, 1.807) is 0 Å². The molecule has 5 heteroatoms. The first-order valence-corrected chi connectivity index (χ1v) is 5.82. The Labute approximate surface area is 97.2 Å². The molecule has 0 heterocycles. The molecule has 0 aliphatic rings. The van der Waals surface area contributed by atoms with Crippen LogP contribution in [0.5, 0.6) is 0 Å². The summed E-state index contributed by atoms with van der Waals surface area (Å²) in [5.74, 6) is -0.0805. The first kappa shape index (κ1) is 14.9. The predicted molar refractivity (Wildman–Crippen MR) is 63.7 cm³/mol. The highest BCUT2D eigenvalue weighted by Gasteiger charge is 2.18. The molecule has 0 radical (unpaired) electrons. The molecule has 2 amide bonds. The average molecular weight is 229 g/mol. The van der Waals surface area contributed by atoms with Crippen LogP contribution in [0, 0.1) is 5.92 Å². The Morgan fingerprint density at radius 1 is 1.25 bits per heavy atom. The van der Waals surface area contributed by atoms with Crippen LogP contribution in [-0.2, 0) is 9.59 Å². The fourth-order valence-electron chi connectivity index (χ4n) is 1.21.